The Morgan fingerprint density at radius 1 is 1.03 bits per heavy atom. The van der Waals surface area contributed by atoms with E-state index in [4.69, 9.17) is 14.5 Å². The van der Waals surface area contributed by atoms with Gasteiger partial charge in [-0.3, -0.25) is 4.79 Å². The average Bonchev–Trinajstić information content (AvgIpc) is 3.35. The first-order valence-corrected chi connectivity index (χ1v) is 13.7. The highest BCUT2D eigenvalue weighted by atomic mass is 32.2. The Labute approximate surface area is 227 Å². The SMILES string of the molecule is CCOC(=O)C1=C(c2ccccc2)N=C2SC=C(CC(=O)N3CCN(C)CC3)N2[C@H]1c1ccc(OC)cc1. The maximum Gasteiger partial charge on any atom is 0.338 e. The number of hydrogen-bond acceptors (Lipinski definition) is 8. The topological polar surface area (TPSA) is 74.7 Å². The lowest BCUT2D eigenvalue weighted by Gasteiger charge is -2.38. The number of fused-ring (bicyclic) bond motifs is 1. The van der Waals surface area contributed by atoms with Crippen molar-refractivity contribution < 1.29 is 19.1 Å². The summed E-state index contributed by atoms with van der Waals surface area (Å²) < 4.78 is 11.0. The van der Waals surface area contributed by atoms with Crippen LogP contribution in [0.2, 0.25) is 0 Å². The molecule has 8 nitrogen and oxygen atoms in total. The molecule has 1 atom stereocenters. The van der Waals surface area contributed by atoms with Crippen molar-refractivity contribution in [2.45, 2.75) is 19.4 Å². The van der Waals surface area contributed by atoms with E-state index in [1.54, 1.807) is 14.0 Å². The maximum absolute atomic E-state index is 13.6. The lowest BCUT2D eigenvalue weighted by molar-refractivity contribution is -0.139. The monoisotopic (exact) mass is 532 g/mol. The van der Waals surface area contributed by atoms with Crippen molar-refractivity contribution in [2.24, 2.45) is 4.99 Å². The first-order chi connectivity index (χ1) is 18.5. The van der Waals surface area contributed by atoms with Crippen LogP contribution in [-0.4, -0.2) is 78.7 Å². The number of amides is 1. The second-order valence-electron chi connectivity index (χ2n) is 9.38. The first-order valence-electron chi connectivity index (χ1n) is 12.8. The van der Waals surface area contributed by atoms with Gasteiger partial charge in [-0.1, -0.05) is 54.2 Å². The van der Waals surface area contributed by atoms with Crippen LogP contribution in [0.5, 0.6) is 5.75 Å². The summed E-state index contributed by atoms with van der Waals surface area (Å²) >= 11 is 1.48. The number of methoxy groups -OCH3 is 1. The summed E-state index contributed by atoms with van der Waals surface area (Å²) in [4.78, 5) is 38.1. The summed E-state index contributed by atoms with van der Waals surface area (Å²) in [6, 6.07) is 16.9. The van der Waals surface area contributed by atoms with Gasteiger partial charge in [-0.15, -0.1) is 0 Å². The van der Waals surface area contributed by atoms with Gasteiger partial charge in [-0.2, -0.15) is 0 Å². The number of aliphatic imine (C=N–C) groups is 1. The molecule has 3 heterocycles. The van der Waals surface area contributed by atoms with E-state index in [0.29, 0.717) is 24.4 Å². The Kier molecular flexibility index (Phi) is 7.85. The standard InChI is InChI=1S/C29H32N4O4S/c1-4-37-28(35)25-26(20-8-6-5-7-9-20)30-29-33(27(25)21-10-12-23(36-3)13-11-21)22(19-38-29)18-24(34)32-16-14-31(2)15-17-32/h5-13,19,27H,4,14-18H2,1-3H3/t27-/m0/s1. The molecule has 9 heteroatoms. The number of nitrogens with zero attached hydrogens (tertiary/aromatic N) is 4. The maximum atomic E-state index is 13.6. The lowest BCUT2D eigenvalue weighted by atomic mass is 9.91. The van der Waals surface area contributed by atoms with Gasteiger partial charge in [0.1, 0.15) is 5.75 Å². The Bertz CT molecular complexity index is 1280. The number of hydrogen-bond donors (Lipinski definition) is 0. The Morgan fingerprint density at radius 3 is 2.39 bits per heavy atom. The zero-order valence-electron chi connectivity index (χ0n) is 21.9. The van der Waals surface area contributed by atoms with Gasteiger partial charge in [0.15, 0.2) is 5.17 Å². The quantitative estimate of drug-likeness (QED) is 0.497. The first kappa shape index (κ1) is 26.1. The van der Waals surface area contributed by atoms with Crippen LogP contribution in [0, 0.1) is 0 Å². The van der Waals surface area contributed by atoms with Gasteiger partial charge in [0.05, 0.1) is 37.4 Å². The van der Waals surface area contributed by atoms with Crippen LogP contribution >= 0.6 is 11.8 Å². The van der Waals surface area contributed by atoms with E-state index in [9.17, 15) is 9.59 Å². The van der Waals surface area contributed by atoms with Gasteiger partial charge in [-0.25, -0.2) is 9.79 Å². The number of carbonyl (C=O) groups is 2. The van der Waals surface area contributed by atoms with Gasteiger partial charge in [0, 0.05) is 37.4 Å². The van der Waals surface area contributed by atoms with E-state index >= 15 is 0 Å². The second kappa shape index (κ2) is 11.4. The van der Waals surface area contributed by atoms with E-state index < -0.39 is 12.0 Å². The summed E-state index contributed by atoms with van der Waals surface area (Å²) in [7, 11) is 3.70. The zero-order valence-corrected chi connectivity index (χ0v) is 22.7. The summed E-state index contributed by atoms with van der Waals surface area (Å²) in [6.07, 6.45) is 0.235. The predicted octanol–water partition coefficient (Wildman–Crippen LogP) is 4.13. The van der Waals surface area contributed by atoms with Gasteiger partial charge in [-0.05, 0) is 37.1 Å². The van der Waals surface area contributed by atoms with Crippen molar-refractivity contribution in [3.63, 3.8) is 0 Å². The third-order valence-corrected chi connectivity index (χ3v) is 7.86. The Hall–Kier alpha value is -3.56. The van der Waals surface area contributed by atoms with Crippen LogP contribution < -0.4 is 4.74 Å². The minimum absolute atomic E-state index is 0.0789. The third kappa shape index (κ3) is 5.21. The largest absolute Gasteiger partial charge is 0.497 e. The molecule has 1 amide bonds. The van der Waals surface area contributed by atoms with Crippen LogP contribution in [0.25, 0.3) is 5.70 Å². The van der Waals surface area contributed by atoms with Crippen LogP contribution in [0.3, 0.4) is 0 Å². The number of esters is 1. The number of benzene rings is 2. The molecule has 0 unspecified atom stereocenters. The van der Waals surface area contributed by atoms with E-state index in [0.717, 1.165) is 40.8 Å². The van der Waals surface area contributed by atoms with E-state index in [2.05, 4.69) is 11.9 Å². The van der Waals surface area contributed by atoms with Crippen molar-refractivity contribution in [1.29, 1.82) is 0 Å². The normalized spacial score (nSPS) is 19.6. The van der Waals surface area contributed by atoms with Crippen LogP contribution in [0.4, 0.5) is 0 Å². The predicted molar refractivity (Wildman–Crippen MR) is 149 cm³/mol. The molecule has 1 saturated heterocycles. The highest BCUT2D eigenvalue weighted by molar-refractivity contribution is 8.16. The third-order valence-electron chi connectivity index (χ3n) is 6.97. The molecule has 0 aliphatic carbocycles. The molecule has 2 aromatic carbocycles. The Balaban J connectivity index is 1.57. The number of rotatable bonds is 7. The lowest BCUT2D eigenvalue weighted by Crippen LogP contribution is -2.47. The van der Waals surface area contributed by atoms with Crippen LogP contribution in [0.15, 0.2) is 76.3 Å². The average molecular weight is 533 g/mol. The fourth-order valence-corrected chi connectivity index (χ4v) is 5.83. The number of amidine groups is 1. The van der Waals surface area contributed by atoms with E-state index in [1.165, 1.54) is 11.8 Å². The fourth-order valence-electron chi connectivity index (χ4n) is 4.91. The highest BCUT2D eigenvalue weighted by Crippen LogP contribution is 2.47. The van der Waals surface area contributed by atoms with Gasteiger partial charge >= 0.3 is 5.97 Å². The highest BCUT2D eigenvalue weighted by Gasteiger charge is 2.42. The molecule has 198 valence electrons. The number of piperazine rings is 1. The number of ether oxygens (including phenoxy) is 2. The summed E-state index contributed by atoms with van der Waals surface area (Å²) in [5, 5.41) is 2.72. The van der Waals surface area contributed by atoms with Gasteiger partial charge < -0.3 is 24.2 Å². The number of carbonyl (C=O) groups excluding carboxylic acids is 2. The molecular weight excluding hydrogens is 500 g/mol. The fraction of sp³-hybridized carbons (Fsp3) is 0.345. The minimum atomic E-state index is -0.510. The van der Waals surface area contributed by atoms with Crippen molar-refractivity contribution in [2.75, 3.05) is 46.9 Å². The summed E-state index contributed by atoms with van der Waals surface area (Å²) in [5.41, 5.74) is 3.59. The smallest absolute Gasteiger partial charge is 0.338 e. The Morgan fingerprint density at radius 2 is 1.74 bits per heavy atom. The van der Waals surface area contributed by atoms with Gasteiger partial charge in [0.25, 0.3) is 0 Å². The number of thioether (sulfide) groups is 1. The van der Waals surface area contributed by atoms with Crippen molar-refractivity contribution in [3.8, 4) is 5.75 Å². The molecule has 2 aromatic rings. The minimum Gasteiger partial charge on any atom is -0.497 e. The molecule has 0 radical (unpaired) electrons. The van der Waals surface area contributed by atoms with Crippen molar-refractivity contribution >= 4 is 34.5 Å². The summed E-state index contributed by atoms with van der Waals surface area (Å²) in [5.74, 6) is 0.382. The molecule has 0 N–H and O–H groups in total. The molecule has 0 bridgehead atoms. The van der Waals surface area contributed by atoms with E-state index in [1.807, 2.05) is 69.8 Å². The molecule has 0 saturated carbocycles. The van der Waals surface area contributed by atoms with Crippen molar-refractivity contribution in [1.82, 2.24) is 14.7 Å². The molecule has 3 aliphatic rings. The van der Waals surface area contributed by atoms with Crippen LogP contribution in [-0.2, 0) is 14.3 Å². The van der Waals surface area contributed by atoms with Crippen LogP contribution in [0.1, 0.15) is 30.5 Å². The molecule has 5 rings (SSSR count). The summed E-state index contributed by atoms with van der Waals surface area (Å²) in [6.45, 7) is 5.19. The number of likely N-dealkylation sites (N-methyl/N-ethyl adjacent to an activating group) is 1. The molecule has 38 heavy (non-hydrogen) atoms. The molecular formula is C29H32N4O4S. The molecule has 3 aliphatic heterocycles. The van der Waals surface area contributed by atoms with E-state index in [-0.39, 0.29) is 18.9 Å². The zero-order chi connectivity index (χ0) is 26.6. The molecule has 0 aromatic heterocycles. The molecule has 1 fully saturated rings. The molecule has 0 spiro atoms. The van der Waals surface area contributed by atoms with Gasteiger partial charge in [0.2, 0.25) is 5.91 Å². The second-order valence-corrected chi connectivity index (χ2v) is 10.2. The van der Waals surface area contributed by atoms with Crippen molar-refractivity contribution in [3.05, 3.63) is 82.4 Å².